The van der Waals surface area contributed by atoms with Crippen LogP contribution in [0.1, 0.15) is 53.4 Å². The van der Waals surface area contributed by atoms with Crippen molar-refractivity contribution in [2.45, 2.75) is 53.4 Å². The van der Waals surface area contributed by atoms with Gasteiger partial charge in [-0.05, 0) is 57.6 Å². The molecule has 2 aliphatic carbocycles. The predicted molar refractivity (Wildman–Crippen MR) is 245 cm³/mol. The Balaban J connectivity index is 0.00000524. The Bertz CT molecular complexity index is 2060. The average molecular weight is 1120 g/mol. The van der Waals surface area contributed by atoms with Crippen LogP contribution in [-0.2, 0) is 131 Å². The van der Waals surface area contributed by atoms with Gasteiger partial charge in [0.05, 0.1) is 0 Å². The largest absolute Gasteiger partial charge is 0.479 e. The molecular weight excluding hydrogens is 1060 g/mol. The second kappa shape index (κ2) is 33.6. The minimum atomic E-state index is 0. The van der Waals surface area contributed by atoms with Crippen molar-refractivity contribution in [1.29, 1.82) is 0 Å². The zero-order chi connectivity index (χ0) is 40.2. The molecule has 8 heteroatoms. The molecule has 62 heavy (non-hydrogen) atoms. The van der Waals surface area contributed by atoms with Crippen LogP contribution in [0.5, 0.6) is 0 Å². The number of anilines is 2. The zero-order valence-corrected chi connectivity index (χ0v) is 47.8. The normalized spacial score (nSPS) is 15.3. The molecule has 2 aliphatic rings. The van der Waals surface area contributed by atoms with Gasteiger partial charge in [-0.25, -0.2) is 24.3 Å². The molecule has 0 saturated heterocycles. The van der Waals surface area contributed by atoms with Crippen molar-refractivity contribution >= 4 is 35.2 Å². The Morgan fingerprint density at radius 2 is 0.919 bits per heavy atom. The Morgan fingerprint density at radius 3 is 1.26 bits per heavy atom. The first-order chi connectivity index (χ1) is 28.0. The SMILES string of the molecule is C.CC.CN([C-]=CC=C1CCC(C=C[C-]=[N+](C)c2[c-]cccc2)=C1CC1=C(C=C[C-]=[N+](C)c2[c-]cccc2)CCC1=CC=[C-]N(C)c1[c-]cccc1)c1[c-]cccc1.[Y].[Y].[Y].[Y]. The molecule has 0 N–H and O–H groups in total. The Hall–Kier alpha value is -1.84. The van der Waals surface area contributed by atoms with Crippen LogP contribution >= 0.6 is 0 Å². The van der Waals surface area contributed by atoms with E-state index in [1.165, 1.54) is 33.4 Å². The van der Waals surface area contributed by atoms with Gasteiger partial charge in [-0.15, -0.1) is 36.7 Å². The number of benzene rings is 4. The third-order valence-corrected chi connectivity index (χ3v) is 9.66. The number of hydrogen-bond acceptors (Lipinski definition) is 2. The molecule has 0 amide bonds. The predicted octanol–water partition coefficient (Wildman–Crippen LogP) is 12.1. The average Bonchev–Trinajstić information content (AvgIpc) is 3.84. The maximum absolute atomic E-state index is 3.42. The van der Waals surface area contributed by atoms with E-state index in [1.807, 2.05) is 182 Å². The van der Waals surface area contributed by atoms with Gasteiger partial charge in [-0.1, -0.05) is 54.7 Å². The summed E-state index contributed by atoms with van der Waals surface area (Å²) in [5, 5.41) is 0. The molecule has 0 heterocycles. The molecule has 310 valence electrons. The van der Waals surface area contributed by atoms with Gasteiger partial charge in [0.15, 0.2) is 0 Å². The maximum Gasteiger partial charge on any atom is 0.113 e. The van der Waals surface area contributed by atoms with Crippen LogP contribution < -0.4 is 9.80 Å². The van der Waals surface area contributed by atoms with Crippen LogP contribution in [-0.4, -0.2) is 49.8 Å². The van der Waals surface area contributed by atoms with Crippen molar-refractivity contribution in [3.63, 3.8) is 0 Å². The number of allylic oxidation sites excluding steroid dienone is 14. The summed E-state index contributed by atoms with van der Waals surface area (Å²) < 4.78 is 3.95. The van der Waals surface area contributed by atoms with Crippen molar-refractivity contribution in [3.05, 3.63) is 216 Å². The van der Waals surface area contributed by atoms with E-state index in [-0.39, 0.29) is 138 Å². The molecule has 6 rings (SSSR count). The van der Waals surface area contributed by atoms with Crippen molar-refractivity contribution in [1.82, 2.24) is 0 Å². The molecule has 0 unspecified atom stereocenters. The second-order valence-corrected chi connectivity index (χ2v) is 13.3. The van der Waals surface area contributed by atoms with Crippen LogP contribution in [0.3, 0.4) is 0 Å². The van der Waals surface area contributed by atoms with Crippen molar-refractivity contribution < 1.29 is 140 Å². The molecule has 4 radical (unpaired) electrons. The fourth-order valence-electron chi connectivity index (χ4n) is 6.57. The summed E-state index contributed by atoms with van der Waals surface area (Å²) in [4.78, 5) is 3.95. The van der Waals surface area contributed by atoms with Crippen LogP contribution in [0.25, 0.3) is 0 Å². The quantitative estimate of drug-likeness (QED) is 0.0540. The summed E-state index contributed by atoms with van der Waals surface area (Å²) in [5.74, 6) is 0. The third-order valence-electron chi connectivity index (χ3n) is 9.66. The van der Waals surface area contributed by atoms with E-state index in [4.69, 9.17) is 0 Å². The molecule has 0 bridgehead atoms. The second-order valence-electron chi connectivity index (χ2n) is 13.3. The van der Waals surface area contributed by atoms with Gasteiger partial charge < -0.3 is 19.0 Å². The minimum absolute atomic E-state index is 0. The molecule has 4 nitrogen and oxygen atoms in total. The van der Waals surface area contributed by atoms with E-state index in [1.54, 1.807) is 0 Å². The minimum Gasteiger partial charge on any atom is -0.479 e. The fraction of sp³-hybridized carbons (Fsp3) is 0.222. The molecule has 4 aromatic carbocycles. The van der Waals surface area contributed by atoms with Gasteiger partial charge in [0.1, 0.15) is 26.5 Å². The Kier molecular flexibility index (Phi) is 32.6. The maximum atomic E-state index is 3.42. The smallest absolute Gasteiger partial charge is 0.113 e. The van der Waals surface area contributed by atoms with E-state index in [0.717, 1.165) is 54.9 Å². The summed E-state index contributed by atoms with van der Waals surface area (Å²) >= 11 is 0. The van der Waals surface area contributed by atoms with Crippen LogP contribution in [0.15, 0.2) is 179 Å². The van der Waals surface area contributed by atoms with Crippen LogP contribution in [0, 0.1) is 36.7 Å². The van der Waals surface area contributed by atoms with Crippen molar-refractivity contribution in [2.24, 2.45) is 0 Å². The van der Waals surface area contributed by atoms with Gasteiger partial charge in [-0.2, -0.15) is 133 Å². The first-order valence-corrected chi connectivity index (χ1v) is 19.7. The molecule has 0 spiro atoms. The van der Waals surface area contributed by atoms with Crippen molar-refractivity contribution in [3.8, 4) is 0 Å². The van der Waals surface area contributed by atoms with Crippen LogP contribution in [0.4, 0.5) is 22.7 Å². The molecule has 0 atom stereocenters. The standard InChI is InChI=1S/C51H46N4.C2H6.CH4.4Y/c1-52(46-25-9-5-10-26-46)37-17-21-42-33-34-43(22-18-38-53(2)47-27-11-6-12-28-47)50(42)41-51-44(23-19-39-54(3)48-29-13-7-14-30-48)35-36-45(51)24-20-40-55(4)49-31-15-8-16-32-49;1-2;;;;;/h5-25,27,29,31H,33-36,41H2,1-4H3;1-2H3;1H4;;;;/q-6;;;;;;. The van der Waals surface area contributed by atoms with E-state index in [9.17, 15) is 0 Å². The first-order valence-electron chi connectivity index (χ1n) is 19.7. The van der Waals surface area contributed by atoms with Gasteiger partial charge in [0.25, 0.3) is 0 Å². The molecule has 0 aromatic heterocycles. The fourth-order valence-corrected chi connectivity index (χ4v) is 6.57. The molecule has 0 fully saturated rings. The van der Waals surface area contributed by atoms with Crippen LogP contribution in [0.2, 0.25) is 0 Å². The van der Waals surface area contributed by atoms with Gasteiger partial charge in [-0.3, -0.25) is 0 Å². The van der Waals surface area contributed by atoms with E-state index >= 15 is 0 Å². The van der Waals surface area contributed by atoms with Gasteiger partial charge in [0, 0.05) is 131 Å². The number of rotatable bonds is 14. The zero-order valence-electron chi connectivity index (χ0n) is 36.5. The summed E-state index contributed by atoms with van der Waals surface area (Å²) in [6.07, 6.45) is 35.4. The summed E-state index contributed by atoms with van der Waals surface area (Å²) in [6, 6.07) is 45.0. The molecule has 0 aliphatic heterocycles. The van der Waals surface area contributed by atoms with E-state index in [0.29, 0.717) is 0 Å². The number of para-hydroxylation sites is 4. The number of hydrogen-bond donors (Lipinski definition) is 0. The Labute approximate surface area is 475 Å². The summed E-state index contributed by atoms with van der Waals surface area (Å²) in [7, 11) is 8.02. The first kappa shape index (κ1) is 60.2. The summed E-state index contributed by atoms with van der Waals surface area (Å²) in [5.41, 5.74) is 11.9. The van der Waals surface area contributed by atoms with Crippen molar-refractivity contribution in [2.75, 3.05) is 38.0 Å². The van der Waals surface area contributed by atoms with E-state index in [2.05, 4.69) is 73.4 Å². The van der Waals surface area contributed by atoms with E-state index < -0.39 is 0 Å². The Morgan fingerprint density at radius 1 is 0.548 bits per heavy atom. The van der Waals surface area contributed by atoms with Gasteiger partial charge in [0.2, 0.25) is 0 Å². The third kappa shape index (κ3) is 18.9. The molecule has 4 aromatic rings. The topological polar surface area (TPSA) is 12.5 Å². The number of nitrogens with zero attached hydrogens (tertiary/aromatic N) is 4. The van der Waals surface area contributed by atoms with Gasteiger partial charge >= 0.3 is 0 Å². The molecule has 0 saturated carbocycles. The monoisotopic (exact) mass is 1120 g/mol. The summed E-state index contributed by atoms with van der Waals surface area (Å²) in [6.45, 7) is 4.00. The molecular formula is C54H56N4Y4-6.